The summed E-state index contributed by atoms with van der Waals surface area (Å²) in [6.45, 7) is 8.17. The van der Waals surface area contributed by atoms with Crippen molar-refractivity contribution in [3.05, 3.63) is 59.2 Å². The van der Waals surface area contributed by atoms with E-state index in [-0.39, 0.29) is 29.2 Å². The molecule has 0 aliphatic carbocycles. The zero-order valence-corrected chi connectivity index (χ0v) is 19.9. The first-order chi connectivity index (χ1) is 15.2. The summed E-state index contributed by atoms with van der Waals surface area (Å²) in [5.41, 5.74) is 3.17. The zero-order chi connectivity index (χ0) is 23.5. The van der Waals surface area contributed by atoms with Crippen LogP contribution in [0.25, 0.3) is 0 Å². The Morgan fingerprint density at radius 3 is 2.47 bits per heavy atom. The number of carbonyl (C=O) groups is 2. The van der Waals surface area contributed by atoms with E-state index >= 15 is 0 Å². The Bertz CT molecular complexity index is 1110. The molecule has 0 aromatic heterocycles. The molecule has 0 fully saturated rings. The summed E-state index contributed by atoms with van der Waals surface area (Å²) in [6.07, 6.45) is 0.862. The number of hydrogen-bond acceptors (Lipinski definition) is 4. The fraction of sp³-hybridized carbons (Fsp3) is 0.417. The average molecular weight is 458 g/mol. The van der Waals surface area contributed by atoms with E-state index in [1.165, 1.54) is 17.3 Å². The Morgan fingerprint density at radius 1 is 1.12 bits per heavy atom. The average Bonchev–Trinajstić information content (AvgIpc) is 2.75. The van der Waals surface area contributed by atoms with Gasteiger partial charge in [-0.25, -0.2) is 8.42 Å². The Kier molecular flexibility index (Phi) is 7.36. The first-order valence-corrected chi connectivity index (χ1v) is 12.4. The largest absolute Gasteiger partial charge is 0.335 e. The highest BCUT2D eigenvalue weighted by molar-refractivity contribution is 7.89. The van der Waals surface area contributed by atoms with Crippen LogP contribution in [0.4, 0.5) is 5.69 Å². The maximum atomic E-state index is 13.0. The molecule has 7 nitrogen and oxygen atoms in total. The molecule has 0 saturated heterocycles. The Hall–Kier alpha value is -2.71. The number of sulfonamides is 1. The van der Waals surface area contributed by atoms with Crippen LogP contribution in [-0.4, -0.2) is 49.1 Å². The third kappa shape index (κ3) is 4.86. The van der Waals surface area contributed by atoms with E-state index in [0.29, 0.717) is 30.9 Å². The molecule has 32 heavy (non-hydrogen) atoms. The number of nitrogens with zero attached hydrogens (tertiary/aromatic N) is 2. The van der Waals surface area contributed by atoms with E-state index in [1.54, 1.807) is 37.8 Å². The third-order valence-electron chi connectivity index (χ3n) is 5.99. The molecule has 0 bridgehead atoms. The molecule has 2 amide bonds. The Labute approximate surface area is 190 Å². The summed E-state index contributed by atoms with van der Waals surface area (Å²) in [7, 11) is -3.65. The van der Waals surface area contributed by atoms with Gasteiger partial charge in [-0.1, -0.05) is 44.2 Å². The summed E-state index contributed by atoms with van der Waals surface area (Å²) in [6, 6.07) is 12.4. The first-order valence-electron chi connectivity index (χ1n) is 10.9. The lowest BCUT2D eigenvalue weighted by Crippen LogP contribution is -2.40. The van der Waals surface area contributed by atoms with Gasteiger partial charge in [0.2, 0.25) is 21.8 Å². The number of aryl methyl sites for hydroxylation is 1. The van der Waals surface area contributed by atoms with Crippen LogP contribution in [0.1, 0.15) is 49.9 Å². The molecule has 1 N–H and O–H groups in total. The lowest BCUT2D eigenvalue weighted by atomic mass is 9.90. The molecule has 1 atom stereocenters. The van der Waals surface area contributed by atoms with Crippen molar-refractivity contribution >= 4 is 27.5 Å². The molecule has 1 heterocycles. The van der Waals surface area contributed by atoms with Crippen molar-refractivity contribution in [3.63, 3.8) is 0 Å². The van der Waals surface area contributed by atoms with Gasteiger partial charge in [0, 0.05) is 32.2 Å². The summed E-state index contributed by atoms with van der Waals surface area (Å²) in [4.78, 5) is 27.1. The summed E-state index contributed by atoms with van der Waals surface area (Å²) < 4.78 is 27.4. The van der Waals surface area contributed by atoms with Gasteiger partial charge in [-0.3, -0.25) is 9.59 Å². The van der Waals surface area contributed by atoms with Gasteiger partial charge in [0.25, 0.3) is 0 Å². The smallest absolute Gasteiger partial charge is 0.243 e. The lowest BCUT2D eigenvalue weighted by molar-refractivity contribution is -0.132. The second-order valence-electron chi connectivity index (χ2n) is 8.00. The summed E-state index contributed by atoms with van der Waals surface area (Å²) >= 11 is 0. The number of hydrogen-bond donors (Lipinski definition) is 1. The van der Waals surface area contributed by atoms with Crippen molar-refractivity contribution in [2.75, 3.05) is 25.0 Å². The third-order valence-corrected chi connectivity index (χ3v) is 8.18. The maximum Gasteiger partial charge on any atom is 0.243 e. The number of carbonyl (C=O) groups excluding carboxylic acids is 2. The van der Waals surface area contributed by atoms with Crippen molar-refractivity contribution in [1.29, 1.82) is 0 Å². The minimum Gasteiger partial charge on any atom is -0.335 e. The monoisotopic (exact) mass is 457 g/mol. The number of anilines is 1. The van der Waals surface area contributed by atoms with Crippen molar-refractivity contribution in [1.82, 2.24) is 9.21 Å². The quantitative estimate of drug-likeness (QED) is 0.689. The maximum absolute atomic E-state index is 13.0. The minimum atomic E-state index is -3.65. The molecule has 1 aliphatic heterocycles. The number of rotatable bonds is 7. The Morgan fingerprint density at radius 2 is 1.81 bits per heavy atom. The van der Waals surface area contributed by atoms with Crippen LogP contribution in [0.15, 0.2) is 47.4 Å². The molecule has 8 heteroatoms. The van der Waals surface area contributed by atoms with Crippen LogP contribution < -0.4 is 5.32 Å². The van der Waals surface area contributed by atoms with Crippen molar-refractivity contribution in [2.45, 2.75) is 51.5 Å². The second kappa shape index (κ2) is 9.83. The number of amides is 2. The molecule has 1 aliphatic rings. The molecule has 2 aromatic carbocycles. The van der Waals surface area contributed by atoms with E-state index in [4.69, 9.17) is 0 Å². The zero-order valence-electron chi connectivity index (χ0n) is 19.1. The van der Waals surface area contributed by atoms with Gasteiger partial charge in [-0.2, -0.15) is 4.31 Å². The highest BCUT2D eigenvalue weighted by atomic mass is 32.2. The molecule has 0 spiro atoms. The van der Waals surface area contributed by atoms with Gasteiger partial charge in [-0.15, -0.1) is 0 Å². The molecule has 0 saturated carbocycles. The molecule has 1 unspecified atom stereocenters. The van der Waals surface area contributed by atoms with Crippen LogP contribution in [0.5, 0.6) is 0 Å². The first kappa shape index (κ1) is 23.9. The van der Waals surface area contributed by atoms with Crippen molar-refractivity contribution < 1.29 is 18.0 Å². The number of benzene rings is 2. The van der Waals surface area contributed by atoms with Gasteiger partial charge in [0.15, 0.2) is 0 Å². The highest BCUT2D eigenvalue weighted by Gasteiger charge is 2.31. The predicted octanol–water partition coefficient (Wildman–Crippen LogP) is 3.50. The molecular weight excluding hydrogens is 426 g/mol. The molecule has 2 aromatic rings. The fourth-order valence-corrected chi connectivity index (χ4v) is 6.00. The van der Waals surface area contributed by atoms with Crippen LogP contribution >= 0.6 is 0 Å². The summed E-state index contributed by atoms with van der Waals surface area (Å²) in [5.74, 6) is -0.340. The molecule has 0 radical (unpaired) electrons. The lowest BCUT2D eigenvalue weighted by Gasteiger charge is -2.36. The molecule has 172 valence electrons. The number of fused-ring (bicyclic) bond motifs is 1. The molecule has 3 rings (SSSR count). The van der Waals surface area contributed by atoms with Crippen LogP contribution in [0.3, 0.4) is 0 Å². The van der Waals surface area contributed by atoms with Gasteiger partial charge < -0.3 is 10.2 Å². The second-order valence-corrected chi connectivity index (χ2v) is 9.91. The van der Waals surface area contributed by atoms with Crippen molar-refractivity contribution in [2.24, 2.45) is 0 Å². The van der Waals surface area contributed by atoms with E-state index < -0.39 is 10.0 Å². The van der Waals surface area contributed by atoms with Gasteiger partial charge in [0.1, 0.15) is 0 Å². The van der Waals surface area contributed by atoms with Gasteiger partial charge >= 0.3 is 0 Å². The highest BCUT2D eigenvalue weighted by Crippen LogP contribution is 2.33. The standard InChI is InChI=1S/C24H31N3O4S/c1-5-26(6-2)32(30,31)23-15-20(12-11-17(23)3)25-24(29)16-22-21-10-8-7-9-19(21)13-14-27(22)18(4)28/h7-12,15,22H,5-6,13-14,16H2,1-4H3,(H,25,29). The Balaban J connectivity index is 1.84. The SMILES string of the molecule is CCN(CC)S(=O)(=O)c1cc(NC(=O)CC2c3ccccc3CCN2C(C)=O)ccc1C. The minimum absolute atomic E-state index is 0.0692. The summed E-state index contributed by atoms with van der Waals surface area (Å²) in [5, 5.41) is 2.83. The van der Waals surface area contributed by atoms with Crippen LogP contribution in [0, 0.1) is 6.92 Å². The predicted molar refractivity (Wildman–Crippen MR) is 125 cm³/mol. The van der Waals surface area contributed by atoms with Crippen molar-refractivity contribution in [3.8, 4) is 0 Å². The van der Waals surface area contributed by atoms with Gasteiger partial charge in [0.05, 0.1) is 17.4 Å². The van der Waals surface area contributed by atoms with E-state index in [0.717, 1.165) is 17.5 Å². The van der Waals surface area contributed by atoms with Crippen LogP contribution in [0.2, 0.25) is 0 Å². The molecular formula is C24H31N3O4S. The van der Waals surface area contributed by atoms with E-state index in [9.17, 15) is 18.0 Å². The van der Waals surface area contributed by atoms with E-state index in [2.05, 4.69) is 5.32 Å². The van der Waals surface area contributed by atoms with Crippen LogP contribution in [-0.2, 0) is 26.0 Å². The van der Waals surface area contributed by atoms with Gasteiger partial charge in [-0.05, 0) is 42.2 Å². The fourth-order valence-electron chi connectivity index (χ4n) is 4.29. The normalized spacial score (nSPS) is 16.0. The number of nitrogens with one attached hydrogen (secondary N) is 1. The topological polar surface area (TPSA) is 86.8 Å². The van der Waals surface area contributed by atoms with E-state index in [1.807, 2.05) is 24.3 Å².